The largest absolute Gasteiger partial charge is 0.458 e. The van der Waals surface area contributed by atoms with Crippen molar-refractivity contribution in [3.8, 4) is 0 Å². The van der Waals surface area contributed by atoms with Gasteiger partial charge in [0, 0.05) is 18.3 Å². The Morgan fingerprint density at radius 1 is 1.18 bits per heavy atom. The van der Waals surface area contributed by atoms with Crippen LogP contribution >= 0.6 is 0 Å². The van der Waals surface area contributed by atoms with Crippen LogP contribution in [0.3, 0.4) is 0 Å². The molecule has 0 bridgehead atoms. The van der Waals surface area contributed by atoms with Crippen LogP contribution in [0.4, 0.5) is 0 Å². The first-order valence-electron chi connectivity index (χ1n) is 13.9. The average molecular weight is 473 g/mol. The Labute approximate surface area is 207 Å². The highest BCUT2D eigenvalue weighted by atomic mass is 16.5. The molecule has 0 heterocycles. The zero-order valence-corrected chi connectivity index (χ0v) is 22.2. The lowest BCUT2D eigenvalue weighted by Gasteiger charge is -2.60. The standard InChI is InChI=1S/C30H48O4/c1-18(2)19(3)7-8-20(4)24-9-10-25-28-26(12-13-29(24,25)6)30(17-31)14-11-23(33)15-22(30)16-27(28)34-21(5)32/h16,18,20,23-28,31,33H,3,7-15,17H2,1-2,4-6H3/t20-,23+,24-,25-,26-,27+,28-,29-,30-/m1/s1. The van der Waals surface area contributed by atoms with Gasteiger partial charge >= 0.3 is 5.97 Å². The fourth-order valence-electron chi connectivity index (χ4n) is 8.89. The van der Waals surface area contributed by atoms with E-state index < -0.39 is 0 Å². The lowest BCUT2D eigenvalue weighted by molar-refractivity contribution is -0.161. The van der Waals surface area contributed by atoms with Gasteiger partial charge in [-0.3, -0.25) is 4.79 Å². The fourth-order valence-corrected chi connectivity index (χ4v) is 8.89. The Bertz CT molecular complexity index is 815. The van der Waals surface area contributed by atoms with E-state index in [9.17, 15) is 15.0 Å². The third kappa shape index (κ3) is 4.32. The summed E-state index contributed by atoms with van der Waals surface area (Å²) in [5.41, 5.74) is 2.49. The van der Waals surface area contributed by atoms with Gasteiger partial charge in [-0.05, 0) is 98.9 Å². The molecule has 0 aliphatic heterocycles. The van der Waals surface area contributed by atoms with Crippen molar-refractivity contribution in [2.45, 2.75) is 105 Å². The smallest absolute Gasteiger partial charge is 0.303 e. The summed E-state index contributed by atoms with van der Waals surface area (Å²) in [5.74, 6) is 2.74. The van der Waals surface area contributed by atoms with Gasteiger partial charge in [-0.1, -0.05) is 45.4 Å². The predicted molar refractivity (Wildman–Crippen MR) is 136 cm³/mol. The van der Waals surface area contributed by atoms with Gasteiger partial charge < -0.3 is 14.9 Å². The number of carbonyl (C=O) groups is 1. The first-order chi connectivity index (χ1) is 16.0. The summed E-state index contributed by atoms with van der Waals surface area (Å²) in [4.78, 5) is 12.2. The van der Waals surface area contributed by atoms with E-state index in [1.807, 2.05) is 0 Å². The van der Waals surface area contributed by atoms with E-state index >= 15 is 0 Å². The number of ether oxygens (including phenoxy) is 1. The maximum absolute atomic E-state index is 12.2. The second-order valence-electron chi connectivity index (χ2n) is 12.8. The van der Waals surface area contributed by atoms with Crippen LogP contribution in [-0.4, -0.2) is 35.0 Å². The molecule has 34 heavy (non-hydrogen) atoms. The molecule has 0 aromatic carbocycles. The number of allylic oxidation sites excluding steroid dienone is 1. The molecule has 4 heteroatoms. The quantitative estimate of drug-likeness (QED) is 0.349. The Balaban J connectivity index is 1.63. The number of esters is 1. The van der Waals surface area contributed by atoms with Crippen molar-refractivity contribution in [1.82, 2.24) is 0 Å². The van der Waals surface area contributed by atoms with E-state index in [-0.39, 0.29) is 41.5 Å². The predicted octanol–water partition coefficient (Wildman–Crippen LogP) is 6.07. The monoisotopic (exact) mass is 472 g/mol. The van der Waals surface area contributed by atoms with Crippen molar-refractivity contribution in [3.63, 3.8) is 0 Å². The average Bonchev–Trinajstić information content (AvgIpc) is 3.13. The van der Waals surface area contributed by atoms with E-state index in [1.54, 1.807) is 0 Å². The van der Waals surface area contributed by atoms with Crippen molar-refractivity contribution in [2.24, 2.45) is 46.3 Å². The van der Waals surface area contributed by atoms with E-state index in [1.165, 1.54) is 38.2 Å². The van der Waals surface area contributed by atoms with Crippen molar-refractivity contribution in [2.75, 3.05) is 6.61 Å². The minimum Gasteiger partial charge on any atom is -0.458 e. The number of aliphatic hydroxyl groups is 2. The topological polar surface area (TPSA) is 66.8 Å². The van der Waals surface area contributed by atoms with Crippen molar-refractivity contribution >= 4 is 5.97 Å². The molecule has 9 atom stereocenters. The second-order valence-corrected chi connectivity index (χ2v) is 12.8. The Hall–Kier alpha value is -1.13. The summed E-state index contributed by atoms with van der Waals surface area (Å²) < 4.78 is 6.00. The van der Waals surface area contributed by atoms with Crippen LogP contribution in [0.1, 0.15) is 92.4 Å². The third-order valence-electron chi connectivity index (χ3n) is 10.9. The molecule has 0 unspecified atom stereocenters. The molecular weight excluding hydrogens is 424 g/mol. The molecule has 0 amide bonds. The molecule has 0 saturated heterocycles. The first-order valence-corrected chi connectivity index (χ1v) is 13.9. The van der Waals surface area contributed by atoms with Crippen molar-refractivity contribution < 1.29 is 19.7 Å². The van der Waals surface area contributed by atoms with Crippen LogP contribution in [0, 0.1) is 46.3 Å². The zero-order chi connectivity index (χ0) is 24.8. The Kier molecular flexibility index (Phi) is 7.43. The van der Waals surface area contributed by atoms with E-state index in [0.29, 0.717) is 36.0 Å². The normalized spacial score (nSPS) is 42.3. The highest BCUT2D eigenvalue weighted by Gasteiger charge is 2.62. The van der Waals surface area contributed by atoms with E-state index in [2.05, 4.69) is 40.3 Å². The summed E-state index contributed by atoms with van der Waals surface area (Å²) in [6.07, 6.45) is 10.7. The molecule has 4 rings (SSSR count). The van der Waals surface area contributed by atoms with Crippen molar-refractivity contribution in [3.05, 3.63) is 23.8 Å². The van der Waals surface area contributed by atoms with Crippen LogP contribution in [0.25, 0.3) is 0 Å². The van der Waals surface area contributed by atoms with Crippen LogP contribution in [0.5, 0.6) is 0 Å². The lowest BCUT2D eigenvalue weighted by Crippen LogP contribution is -2.57. The van der Waals surface area contributed by atoms with Crippen LogP contribution in [0.2, 0.25) is 0 Å². The van der Waals surface area contributed by atoms with Gasteiger partial charge in [0.2, 0.25) is 0 Å². The molecule has 3 saturated carbocycles. The van der Waals surface area contributed by atoms with E-state index in [0.717, 1.165) is 31.3 Å². The molecule has 4 aliphatic carbocycles. The Morgan fingerprint density at radius 2 is 1.91 bits per heavy atom. The van der Waals surface area contributed by atoms with Gasteiger partial charge in [0.15, 0.2) is 0 Å². The minimum atomic E-state index is -0.355. The third-order valence-corrected chi connectivity index (χ3v) is 10.9. The highest BCUT2D eigenvalue weighted by molar-refractivity contribution is 5.66. The SMILES string of the molecule is C=C(CC[C@@H](C)[C@H]1CC[C@@H]2[C@H]3[C@@H](OC(C)=O)C=C4C[C@@H](O)CC[C@]4(CO)[C@@H]3CC[C@@]21C)C(C)C. The van der Waals surface area contributed by atoms with Gasteiger partial charge in [-0.25, -0.2) is 0 Å². The summed E-state index contributed by atoms with van der Waals surface area (Å²) in [6, 6.07) is 0. The molecule has 3 fully saturated rings. The number of aliphatic hydroxyl groups excluding tert-OH is 2. The molecule has 0 spiro atoms. The molecular formula is C30H48O4. The number of carbonyl (C=O) groups excluding carboxylic acids is 1. The maximum Gasteiger partial charge on any atom is 0.303 e. The van der Waals surface area contributed by atoms with Crippen LogP contribution < -0.4 is 0 Å². The number of rotatable bonds is 7. The Morgan fingerprint density at radius 3 is 2.56 bits per heavy atom. The van der Waals surface area contributed by atoms with Gasteiger partial charge in [0.25, 0.3) is 0 Å². The van der Waals surface area contributed by atoms with Gasteiger partial charge in [0.05, 0.1) is 12.7 Å². The van der Waals surface area contributed by atoms with Crippen LogP contribution in [0.15, 0.2) is 23.8 Å². The number of fused-ring (bicyclic) bond motifs is 5. The van der Waals surface area contributed by atoms with Gasteiger partial charge in [0.1, 0.15) is 6.10 Å². The molecule has 0 aromatic rings. The molecule has 192 valence electrons. The van der Waals surface area contributed by atoms with E-state index in [4.69, 9.17) is 4.74 Å². The van der Waals surface area contributed by atoms with Gasteiger partial charge in [-0.15, -0.1) is 0 Å². The maximum atomic E-state index is 12.2. The molecule has 0 aromatic heterocycles. The number of hydrogen-bond acceptors (Lipinski definition) is 4. The second kappa shape index (κ2) is 9.73. The summed E-state index contributed by atoms with van der Waals surface area (Å²) in [7, 11) is 0. The lowest BCUT2D eigenvalue weighted by atomic mass is 9.46. The molecule has 4 nitrogen and oxygen atoms in total. The van der Waals surface area contributed by atoms with Crippen molar-refractivity contribution in [1.29, 1.82) is 0 Å². The summed E-state index contributed by atoms with van der Waals surface area (Å²) >= 11 is 0. The molecule has 2 N–H and O–H groups in total. The summed E-state index contributed by atoms with van der Waals surface area (Å²) in [5, 5.41) is 21.1. The summed E-state index contributed by atoms with van der Waals surface area (Å²) in [6.45, 7) is 15.4. The van der Waals surface area contributed by atoms with Gasteiger partial charge in [-0.2, -0.15) is 0 Å². The number of hydrogen-bond donors (Lipinski definition) is 2. The zero-order valence-electron chi connectivity index (χ0n) is 22.2. The molecule has 0 radical (unpaired) electrons. The first kappa shape index (κ1) is 25.9. The fraction of sp³-hybridized carbons (Fsp3) is 0.833. The van der Waals surface area contributed by atoms with Crippen LogP contribution in [-0.2, 0) is 9.53 Å². The highest BCUT2D eigenvalue weighted by Crippen LogP contribution is 2.67. The minimum absolute atomic E-state index is 0.139. The molecule has 4 aliphatic rings.